The first-order valence-corrected chi connectivity index (χ1v) is 13.3. The fraction of sp³-hybridized carbons (Fsp3) is 0.519. The number of aryl methyl sites for hydroxylation is 1. The second kappa shape index (κ2) is 8.75. The molecule has 1 saturated carbocycles. The molecule has 4 saturated heterocycles. The van der Waals surface area contributed by atoms with Gasteiger partial charge in [0.05, 0.1) is 13.2 Å². The van der Waals surface area contributed by atoms with E-state index in [1.807, 2.05) is 0 Å². The molecule has 2 atom stereocenters. The van der Waals surface area contributed by atoms with Gasteiger partial charge in [-0.1, -0.05) is 12.1 Å². The number of carbonyl (C=O) groups is 1. The Morgan fingerprint density at radius 3 is 2.54 bits per heavy atom. The quantitative estimate of drug-likeness (QED) is 0.492. The first-order valence-electron chi connectivity index (χ1n) is 13.3. The summed E-state index contributed by atoms with van der Waals surface area (Å²) < 4.78 is 38.1. The van der Waals surface area contributed by atoms with Gasteiger partial charge in [0.15, 0.2) is 0 Å². The Hall–Kier alpha value is -3.51. The van der Waals surface area contributed by atoms with Crippen LogP contribution in [0.2, 0.25) is 0 Å². The summed E-state index contributed by atoms with van der Waals surface area (Å²) >= 11 is 0. The Balaban J connectivity index is 1.17. The molecule has 204 valence electrons. The average molecular weight is 537 g/mol. The van der Waals surface area contributed by atoms with Crippen LogP contribution in [0.1, 0.15) is 52.9 Å². The molecule has 2 aromatic heterocycles. The van der Waals surface area contributed by atoms with E-state index >= 15 is 8.78 Å². The number of hydrogen-bond donors (Lipinski definition) is 1. The second-order valence-electron chi connectivity index (χ2n) is 11.4. The van der Waals surface area contributed by atoms with E-state index in [2.05, 4.69) is 37.3 Å². The fourth-order valence-electron chi connectivity index (χ4n) is 6.13. The van der Waals surface area contributed by atoms with Crippen LogP contribution >= 0.6 is 0 Å². The van der Waals surface area contributed by atoms with Crippen LogP contribution in [0.3, 0.4) is 0 Å². The van der Waals surface area contributed by atoms with Gasteiger partial charge in [0, 0.05) is 49.9 Å². The molecule has 1 aliphatic carbocycles. The van der Waals surface area contributed by atoms with Crippen molar-refractivity contribution in [1.82, 2.24) is 29.6 Å². The predicted octanol–water partition coefficient (Wildman–Crippen LogP) is 2.69. The largest absolute Gasteiger partial charge is 0.379 e. The Bertz CT molecular complexity index is 1420. The van der Waals surface area contributed by atoms with Gasteiger partial charge in [-0.05, 0) is 44.0 Å². The van der Waals surface area contributed by atoms with Gasteiger partial charge in [0.2, 0.25) is 5.82 Å². The zero-order chi connectivity index (χ0) is 26.9. The number of piperidine rings is 1. The first kappa shape index (κ1) is 24.5. The van der Waals surface area contributed by atoms with Gasteiger partial charge in [-0.2, -0.15) is 8.78 Å². The van der Waals surface area contributed by atoms with E-state index < -0.39 is 17.2 Å². The van der Waals surface area contributed by atoms with Crippen molar-refractivity contribution in [3.05, 3.63) is 59.6 Å². The molecule has 5 aliphatic rings. The van der Waals surface area contributed by atoms with Crippen molar-refractivity contribution in [2.45, 2.75) is 48.6 Å². The van der Waals surface area contributed by atoms with Crippen LogP contribution < -0.4 is 10.2 Å². The third-order valence-corrected chi connectivity index (χ3v) is 8.51. The van der Waals surface area contributed by atoms with E-state index in [1.54, 1.807) is 30.3 Å². The Morgan fingerprint density at radius 2 is 1.90 bits per heavy atom. The van der Waals surface area contributed by atoms with Gasteiger partial charge in [0.25, 0.3) is 5.91 Å². The van der Waals surface area contributed by atoms with E-state index in [9.17, 15) is 4.79 Å². The van der Waals surface area contributed by atoms with Gasteiger partial charge < -0.3 is 24.4 Å². The number of fused-ring (bicyclic) bond motifs is 2. The van der Waals surface area contributed by atoms with Crippen LogP contribution in [-0.4, -0.2) is 81.0 Å². The minimum absolute atomic E-state index is 0.169. The number of nitrogens with zero attached hydrogens (tertiary/aromatic N) is 7. The molecule has 6 heterocycles. The minimum atomic E-state index is -3.33. The summed E-state index contributed by atoms with van der Waals surface area (Å²) in [5.74, 6) is -2.36. The highest BCUT2D eigenvalue weighted by Crippen LogP contribution is 2.51. The van der Waals surface area contributed by atoms with Crippen molar-refractivity contribution in [2.75, 3.05) is 43.6 Å². The second-order valence-corrected chi connectivity index (χ2v) is 11.4. The zero-order valence-electron chi connectivity index (χ0n) is 21.8. The van der Waals surface area contributed by atoms with Crippen molar-refractivity contribution in [3.8, 4) is 0 Å². The SMILES string of the molecule is CN1CC2CC(C1)N2c1cc(C(=O)Nc2cccc(C3(C(F)(F)c4nncn4C)COC3)c2)nc(C2CC2)n1. The minimum Gasteiger partial charge on any atom is -0.379 e. The predicted molar refractivity (Wildman–Crippen MR) is 138 cm³/mol. The Morgan fingerprint density at radius 1 is 1.13 bits per heavy atom. The number of hydrogen-bond acceptors (Lipinski definition) is 8. The third-order valence-electron chi connectivity index (χ3n) is 8.51. The maximum Gasteiger partial charge on any atom is 0.320 e. The number of alkyl halides is 2. The molecule has 2 bridgehead atoms. The van der Waals surface area contributed by atoms with Crippen LogP contribution in [0.25, 0.3) is 0 Å². The van der Waals surface area contributed by atoms with Gasteiger partial charge in [-0.3, -0.25) is 4.79 Å². The summed E-state index contributed by atoms with van der Waals surface area (Å²) in [6.45, 7) is 1.60. The van der Waals surface area contributed by atoms with Crippen LogP contribution in [0.4, 0.5) is 20.3 Å². The van der Waals surface area contributed by atoms with Crippen molar-refractivity contribution in [3.63, 3.8) is 0 Å². The fourth-order valence-corrected chi connectivity index (χ4v) is 6.13. The maximum absolute atomic E-state index is 15.8. The lowest BCUT2D eigenvalue weighted by molar-refractivity contribution is -0.206. The maximum atomic E-state index is 15.8. The molecular weight excluding hydrogens is 506 g/mol. The molecule has 2 unspecified atom stereocenters. The smallest absolute Gasteiger partial charge is 0.320 e. The summed E-state index contributed by atoms with van der Waals surface area (Å²) in [4.78, 5) is 27.5. The number of piperazine rings is 1. The number of rotatable bonds is 7. The van der Waals surface area contributed by atoms with Crippen LogP contribution in [-0.2, 0) is 23.1 Å². The zero-order valence-corrected chi connectivity index (χ0v) is 21.8. The van der Waals surface area contributed by atoms with Crippen molar-refractivity contribution < 1.29 is 18.3 Å². The average Bonchev–Trinajstić information content (AvgIpc) is 3.63. The highest BCUT2D eigenvalue weighted by Gasteiger charge is 2.63. The first-order chi connectivity index (χ1) is 18.7. The molecule has 12 heteroatoms. The number of halogens is 2. The molecule has 4 aliphatic heterocycles. The van der Waals surface area contributed by atoms with E-state index in [1.165, 1.54) is 17.9 Å². The molecule has 10 nitrogen and oxygen atoms in total. The molecule has 39 heavy (non-hydrogen) atoms. The van der Waals surface area contributed by atoms with Gasteiger partial charge >= 0.3 is 5.92 Å². The summed E-state index contributed by atoms with van der Waals surface area (Å²) in [7, 11) is 3.62. The topological polar surface area (TPSA) is 101 Å². The molecule has 1 aromatic carbocycles. The summed E-state index contributed by atoms with van der Waals surface area (Å²) in [5.41, 5.74) is -0.554. The number of aromatic nitrogens is 5. The van der Waals surface area contributed by atoms with E-state index in [4.69, 9.17) is 9.72 Å². The monoisotopic (exact) mass is 536 g/mol. The van der Waals surface area contributed by atoms with Crippen LogP contribution in [0.15, 0.2) is 36.7 Å². The standard InChI is InChI=1S/C27H30F2N8O2/c1-35-11-19-9-20(12-35)37(19)22-10-21(32-23(33-22)16-6-7-16)24(38)31-18-5-3-4-17(8-18)26(13-39-14-26)27(28,29)25-34-30-15-36(25)2/h3-5,8,10,15-16,19-20H,6-7,9,11-14H2,1-2H3,(H,31,38). The summed E-state index contributed by atoms with van der Waals surface area (Å²) in [5, 5.41) is 10.2. The van der Waals surface area contributed by atoms with Crippen LogP contribution in [0.5, 0.6) is 0 Å². The number of carbonyl (C=O) groups excluding carboxylic acids is 1. The molecule has 5 fully saturated rings. The third kappa shape index (κ3) is 3.91. The number of amides is 1. The van der Waals surface area contributed by atoms with E-state index in [0.29, 0.717) is 29.2 Å². The lowest BCUT2D eigenvalue weighted by atomic mass is 9.72. The number of nitrogens with one attached hydrogen (secondary N) is 1. The lowest BCUT2D eigenvalue weighted by Crippen LogP contribution is -2.68. The molecule has 0 radical (unpaired) electrons. The van der Waals surface area contributed by atoms with Crippen LogP contribution in [0, 0.1) is 0 Å². The van der Waals surface area contributed by atoms with Crippen molar-refractivity contribution in [2.24, 2.45) is 7.05 Å². The highest BCUT2D eigenvalue weighted by atomic mass is 19.3. The number of likely N-dealkylation sites (N-methyl/N-ethyl adjacent to an activating group) is 1. The summed E-state index contributed by atoms with van der Waals surface area (Å²) in [6.07, 6.45) is 4.43. The number of anilines is 2. The molecule has 3 aromatic rings. The molecule has 8 rings (SSSR count). The number of benzene rings is 1. The molecule has 0 spiro atoms. The molecule has 1 N–H and O–H groups in total. The normalized spacial score (nSPS) is 24.2. The number of ether oxygens (including phenoxy) is 1. The summed E-state index contributed by atoms with van der Waals surface area (Å²) in [6, 6.07) is 9.12. The highest BCUT2D eigenvalue weighted by molar-refractivity contribution is 6.03. The van der Waals surface area contributed by atoms with Gasteiger partial charge in [-0.25, -0.2) is 9.97 Å². The lowest BCUT2D eigenvalue weighted by Gasteiger charge is -2.56. The molecule has 1 amide bonds. The van der Waals surface area contributed by atoms with E-state index in [-0.39, 0.29) is 30.7 Å². The van der Waals surface area contributed by atoms with Gasteiger partial charge in [0.1, 0.15) is 29.1 Å². The van der Waals surface area contributed by atoms with E-state index in [0.717, 1.165) is 38.2 Å². The molecular formula is C27H30F2N8O2. The Labute approximate surface area is 224 Å². The Kier molecular flexibility index (Phi) is 5.50. The van der Waals surface area contributed by atoms with Gasteiger partial charge in [-0.15, -0.1) is 10.2 Å². The van der Waals surface area contributed by atoms with Crippen molar-refractivity contribution >= 4 is 17.4 Å². The van der Waals surface area contributed by atoms with Crippen molar-refractivity contribution in [1.29, 1.82) is 0 Å².